The molecule has 3 aromatic rings. The largest absolute Gasteiger partial charge is 0.383 e. The first-order chi connectivity index (χ1) is 19.6. The molecule has 2 unspecified atom stereocenters. The Labute approximate surface area is 233 Å². The molecule has 1 amide bonds. The van der Waals surface area contributed by atoms with Crippen molar-refractivity contribution in [2.75, 3.05) is 49.6 Å². The van der Waals surface area contributed by atoms with E-state index in [0.29, 0.717) is 44.8 Å². The Balaban J connectivity index is 1.23. The number of piperazine rings is 1. The van der Waals surface area contributed by atoms with Crippen LogP contribution in [0.2, 0.25) is 0 Å². The highest BCUT2D eigenvalue weighted by molar-refractivity contribution is 5.95. The minimum atomic E-state index is -0.170. The second-order valence-corrected chi connectivity index (χ2v) is 10.3. The van der Waals surface area contributed by atoms with Crippen LogP contribution in [0.4, 0.5) is 11.4 Å². The van der Waals surface area contributed by atoms with E-state index in [4.69, 9.17) is 0 Å². The Morgan fingerprint density at radius 3 is 2.58 bits per heavy atom. The molecule has 9 nitrogen and oxygen atoms in total. The molecule has 2 atom stereocenters. The van der Waals surface area contributed by atoms with E-state index in [1.54, 1.807) is 12.4 Å². The maximum absolute atomic E-state index is 13.9. The van der Waals surface area contributed by atoms with Crippen molar-refractivity contribution in [2.24, 2.45) is 5.92 Å². The Morgan fingerprint density at radius 1 is 1.02 bits per heavy atom. The summed E-state index contributed by atoms with van der Waals surface area (Å²) in [6.45, 7) is 3.02. The summed E-state index contributed by atoms with van der Waals surface area (Å²) in [5.41, 5.74) is 3.71. The summed E-state index contributed by atoms with van der Waals surface area (Å²) in [5.74, 6) is 0.148. The van der Waals surface area contributed by atoms with Gasteiger partial charge in [0.15, 0.2) is 0 Å². The molecule has 1 aliphatic carbocycles. The zero-order chi connectivity index (χ0) is 27.5. The fourth-order valence-corrected chi connectivity index (χ4v) is 5.60. The normalized spacial score (nSPS) is 19.7. The van der Waals surface area contributed by atoms with Crippen LogP contribution < -0.4 is 20.7 Å². The van der Waals surface area contributed by atoms with Crippen LogP contribution >= 0.6 is 0 Å². The van der Waals surface area contributed by atoms with Crippen molar-refractivity contribution in [3.05, 3.63) is 113 Å². The van der Waals surface area contributed by atoms with Gasteiger partial charge in [-0.2, -0.15) is 9.78 Å². The average Bonchev–Trinajstić information content (AvgIpc) is 3.45. The summed E-state index contributed by atoms with van der Waals surface area (Å²) in [7, 11) is 1.94. The van der Waals surface area contributed by atoms with Gasteiger partial charge in [-0.1, -0.05) is 48.6 Å². The van der Waals surface area contributed by atoms with Crippen molar-refractivity contribution in [1.29, 1.82) is 0 Å². The van der Waals surface area contributed by atoms with Crippen LogP contribution in [0, 0.1) is 5.92 Å². The minimum absolute atomic E-state index is 0.0738. The Morgan fingerprint density at radius 2 is 1.80 bits per heavy atom. The van der Waals surface area contributed by atoms with Crippen molar-refractivity contribution in [3.63, 3.8) is 0 Å². The molecule has 0 bridgehead atoms. The second kappa shape index (κ2) is 11.2. The number of carbonyl (C=O) groups excluding carboxylic acids is 1. The van der Waals surface area contributed by atoms with Gasteiger partial charge in [0.25, 0.3) is 11.5 Å². The highest BCUT2D eigenvalue weighted by atomic mass is 16.2. The number of hydrogen-bond acceptors (Lipinski definition) is 7. The molecule has 9 heteroatoms. The van der Waals surface area contributed by atoms with Crippen molar-refractivity contribution < 1.29 is 4.79 Å². The number of aromatic nitrogens is 3. The van der Waals surface area contributed by atoms with Gasteiger partial charge in [-0.25, -0.2) is 0 Å². The fourth-order valence-electron chi connectivity index (χ4n) is 5.60. The van der Waals surface area contributed by atoms with Crippen LogP contribution in [0.3, 0.4) is 0 Å². The Hall–Kier alpha value is -4.66. The predicted octanol–water partition coefficient (Wildman–Crippen LogP) is 2.55. The molecule has 204 valence electrons. The third-order valence-corrected chi connectivity index (χ3v) is 7.82. The first kappa shape index (κ1) is 25.6. The lowest BCUT2D eigenvalue weighted by Gasteiger charge is -2.38. The third kappa shape index (κ3) is 5.02. The number of fused-ring (bicyclic) bond motifs is 1. The van der Waals surface area contributed by atoms with Gasteiger partial charge in [0.2, 0.25) is 0 Å². The quantitative estimate of drug-likeness (QED) is 0.498. The van der Waals surface area contributed by atoms with Crippen LogP contribution in [-0.2, 0) is 11.2 Å². The van der Waals surface area contributed by atoms with Gasteiger partial charge < -0.3 is 20.0 Å². The molecule has 1 N–H and O–H groups in total. The second-order valence-electron chi connectivity index (χ2n) is 10.3. The molecule has 3 aliphatic rings. The molecular formula is C31H33N7O2. The number of benzene rings is 1. The summed E-state index contributed by atoms with van der Waals surface area (Å²) >= 11 is 0. The van der Waals surface area contributed by atoms with Crippen LogP contribution in [0.25, 0.3) is 5.69 Å². The molecule has 2 aromatic heterocycles. The molecule has 6 rings (SSSR count). The Kier molecular flexibility index (Phi) is 7.18. The lowest BCUT2D eigenvalue weighted by Crippen LogP contribution is -2.50. The van der Waals surface area contributed by atoms with E-state index in [1.165, 1.54) is 4.68 Å². The lowest BCUT2D eigenvalue weighted by atomic mass is 9.90. The van der Waals surface area contributed by atoms with Crippen LogP contribution in [0.5, 0.6) is 0 Å². The lowest BCUT2D eigenvalue weighted by molar-refractivity contribution is -0.127. The topological polar surface area (TPSA) is 86.6 Å². The summed E-state index contributed by atoms with van der Waals surface area (Å²) in [5, 5.41) is 7.88. The standard InChI is InChI=1S/C31H33N7O2/c1-35(16-14-23-9-7-8-15-32-23)29-28(22-34-38(31(29)40)24-10-3-2-4-11-24)36-17-19-37(20-18-36)30(39)26-21-33-27-13-6-5-12-25(26)27/h2-13,15,21-22,25,27,33H,14,16-20H2,1H3. The first-order valence-corrected chi connectivity index (χ1v) is 13.7. The van der Waals surface area contributed by atoms with E-state index >= 15 is 0 Å². The number of pyridine rings is 1. The molecular weight excluding hydrogens is 502 g/mol. The molecule has 0 spiro atoms. The first-order valence-electron chi connectivity index (χ1n) is 13.7. The number of carbonyl (C=O) groups is 1. The summed E-state index contributed by atoms with van der Waals surface area (Å²) in [4.78, 5) is 37.8. The molecule has 1 fully saturated rings. The van der Waals surface area contributed by atoms with Gasteiger partial charge >= 0.3 is 0 Å². The van der Waals surface area contributed by atoms with E-state index in [1.807, 2.05) is 83.7 Å². The number of hydrogen-bond donors (Lipinski definition) is 1. The van der Waals surface area contributed by atoms with E-state index in [2.05, 4.69) is 32.5 Å². The van der Waals surface area contributed by atoms with Crippen molar-refractivity contribution in [2.45, 2.75) is 12.5 Å². The number of para-hydroxylation sites is 1. The fraction of sp³-hybridized carbons (Fsp3) is 0.290. The van der Waals surface area contributed by atoms with Gasteiger partial charge in [0.1, 0.15) is 5.69 Å². The number of amides is 1. The molecule has 4 heterocycles. The number of likely N-dealkylation sites (N-methyl/N-ethyl adjacent to an activating group) is 1. The van der Waals surface area contributed by atoms with Gasteiger partial charge in [-0.05, 0) is 24.3 Å². The van der Waals surface area contributed by atoms with Gasteiger partial charge in [-0.15, -0.1) is 0 Å². The molecule has 1 saturated heterocycles. The summed E-state index contributed by atoms with van der Waals surface area (Å²) in [6.07, 6.45) is 14.3. The van der Waals surface area contributed by atoms with Crippen molar-refractivity contribution in [1.82, 2.24) is 25.0 Å². The molecule has 0 radical (unpaired) electrons. The number of anilines is 2. The van der Waals surface area contributed by atoms with Crippen LogP contribution in [0.15, 0.2) is 102 Å². The number of nitrogens with one attached hydrogen (secondary N) is 1. The molecule has 0 saturated carbocycles. The molecule has 2 aliphatic heterocycles. The van der Waals surface area contributed by atoms with Gasteiger partial charge in [0.05, 0.1) is 23.6 Å². The van der Waals surface area contributed by atoms with E-state index in [9.17, 15) is 9.59 Å². The number of nitrogens with zero attached hydrogens (tertiary/aromatic N) is 6. The zero-order valence-electron chi connectivity index (χ0n) is 22.6. The van der Waals surface area contributed by atoms with E-state index in [-0.39, 0.29) is 23.4 Å². The maximum Gasteiger partial charge on any atom is 0.297 e. The van der Waals surface area contributed by atoms with E-state index < -0.39 is 0 Å². The van der Waals surface area contributed by atoms with E-state index in [0.717, 1.165) is 22.6 Å². The summed E-state index contributed by atoms with van der Waals surface area (Å²) < 4.78 is 1.46. The monoisotopic (exact) mass is 535 g/mol. The average molecular weight is 536 g/mol. The van der Waals surface area contributed by atoms with Gasteiger partial charge in [0, 0.05) is 75.8 Å². The third-order valence-electron chi connectivity index (χ3n) is 7.82. The highest BCUT2D eigenvalue weighted by Crippen LogP contribution is 2.30. The summed E-state index contributed by atoms with van der Waals surface area (Å²) in [6, 6.07) is 15.5. The van der Waals surface area contributed by atoms with Crippen molar-refractivity contribution >= 4 is 17.3 Å². The van der Waals surface area contributed by atoms with Crippen molar-refractivity contribution in [3.8, 4) is 5.69 Å². The molecule has 1 aromatic carbocycles. The zero-order valence-corrected chi connectivity index (χ0v) is 22.6. The van der Waals surface area contributed by atoms with Gasteiger partial charge in [-0.3, -0.25) is 14.6 Å². The number of allylic oxidation sites excluding steroid dienone is 2. The minimum Gasteiger partial charge on any atom is -0.383 e. The highest BCUT2D eigenvalue weighted by Gasteiger charge is 2.35. The predicted molar refractivity (Wildman–Crippen MR) is 157 cm³/mol. The van der Waals surface area contributed by atoms with Crippen LogP contribution in [-0.4, -0.2) is 71.4 Å². The molecule has 40 heavy (non-hydrogen) atoms. The number of rotatable bonds is 7. The maximum atomic E-state index is 13.9. The Bertz CT molecular complexity index is 1510. The SMILES string of the molecule is CN(CCc1ccccn1)c1c(N2CCN(C(=O)C3=CNC4C=CC=CC34)CC2)cnn(-c2ccccc2)c1=O. The smallest absolute Gasteiger partial charge is 0.297 e. The van der Waals surface area contributed by atoms with Crippen LogP contribution in [0.1, 0.15) is 5.69 Å².